The SMILES string of the molecule is Cc1ccc(CC(=O)Cc2ccccc2C(=O)NCc2ccccc2)cc1. The number of carbonyl (C=O) groups is 2. The van der Waals surface area contributed by atoms with E-state index in [2.05, 4.69) is 5.32 Å². The zero-order valence-electron chi connectivity index (χ0n) is 15.4. The van der Waals surface area contributed by atoms with Crippen LogP contribution < -0.4 is 5.32 Å². The molecule has 0 aliphatic heterocycles. The molecule has 136 valence electrons. The summed E-state index contributed by atoms with van der Waals surface area (Å²) in [5.41, 5.74) is 4.54. The van der Waals surface area contributed by atoms with Crippen molar-refractivity contribution in [1.29, 1.82) is 0 Å². The molecule has 27 heavy (non-hydrogen) atoms. The Morgan fingerprint density at radius 2 is 1.41 bits per heavy atom. The standard InChI is InChI=1S/C24H23NO2/c1-18-11-13-19(14-12-18)15-22(26)16-21-9-5-6-10-23(21)24(27)25-17-20-7-3-2-4-8-20/h2-14H,15-17H2,1H3,(H,25,27). The van der Waals surface area contributed by atoms with E-state index in [1.807, 2.05) is 79.7 Å². The van der Waals surface area contributed by atoms with Crippen LogP contribution in [0.4, 0.5) is 0 Å². The fraction of sp³-hybridized carbons (Fsp3) is 0.167. The van der Waals surface area contributed by atoms with Gasteiger partial charge < -0.3 is 5.32 Å². The number of benzene rings is 3. The molecule has 0 atom stereocenters. The van der Waals surface area contributed by atoms with E-state index >= 15 is 0 Å². The molecule has 0 bridgehead atoms. The van der Waals surface area contributed by atoms with E-state index in [1.165, 1.54) is 5.56 Å². The van der Waals surface area contributed by atoms with Crippen LogP contribution in [-0.4, -0.2) is 11.7 Å². The molecular weight excluding hydrogens is 334 g/mol. The van der Waals surface area contributed by atoms with Gasteiger partial charge in [0.15, 0.2) is 0 Å². The maximum atomic E-state index is 12.6. The first-order valence-corrected chi connectivity index (χ1v) is 9.09. The van der Waals surface area contributed by atoms with Gasteiger partial charge in [0.25, 0.3) is 5.91 Å². The van der Waals surface area contributed by atoms with Crippen LogP contribution in [0.25, 0.3) is 0 Å². The Kier molecular flexibility index (Phi) is 6.16. The lowest BCUT2D eigenvalue weighted by molar-refractivity contribution is -0.117. The lowest BCUT2D eigenvalue weighted by Gasteiger charge is -2.10. The Hall–Kier alpha value is -3.20. The van der Waals surface area contributed by atoms with Gasteiger partial charge in [-0.15, -0.1) is 0 Å². The van der Waals surface area contributed by atoms with Crippen molar-refractivity contribution in [2.24, 2.45) is 0 Å². The summed E-state index contributed by atoms with van der Waals surface area (Å²) in [6.45, 7) is 2.49. The van der Waals surface area contributed by atoms with Crippen LogP contribution in [0.2, 0.25) is 0 Å². The van der Waals surface area contributed by atoms with E-state index in [4.69, 9.17) is 0 Å². The predicted octanol–water partition coefficient (Wildman–Crippen LogP) is 4.28. The predicted molar refractivity (Wildman–Crippen MR) is 108 cm³/mol. The molecule has 3 nitrogen and oxygen atoms in total. The van der Waals surface area contributed by atoms with Crippen molar-refractivity contribution in [3.8, 4) is 0 Å². The van der Waals surface area contributed by atoms with Crippen LogP contribution >= 0.6 is 0 Å². The van der Waals surface area contributed by atoms with Gasteiger partial charge in [-0.2, -0.15) is 0 Å². The van der Waals surface area contributed by atoms with Crippen LogP contribution in [0, 0.1) is 6.92 Å². The first kappa shape index (κ1) is 18.6. The first-order valence-electron chi connectivity index (χ1n) is 9.09. The maximum absolute atomic E-state index is 12.6. The monoisotopic (exact) mass is 357 g/mol. The molecule has 0 aliphatic carbocycles. The number of nitrogens with one attached hydrogen (secondary N) is 1. The third-order valence-corrected chi connectivity index (χ3v) is 4.47. The Balaban J connectivity index is 1.65. The number of hydrogen-bond acceptors (Lipinski definition) is 2. The van der Waals surface area contributed by atoms with Gasteiger partial charge in [-0.1, -0.05) is 78.4 Å². The number of Topliss-reactive ketones (excluding diaryl/α,β-unsaturated/α-hetero) is 1. The average Bonchev–Trinajstić information content (AvgIpc) is 2.69. The molecule has 0 aromatic heterocycles. The Morgan fingerprint density at radius 3 is 2.15 bits per heavy atom. The fourth-order valence-corrected chi connectivity index (χ4v) is 2.98. The quantitative estimate of drug-likeness (QED) is 0.686. The molecule has 3 heteroatoms. The van der Waals surface area contributed by atoms with Gasteiger partial charge in [-0.05, 0) is 29.7 Å². The molecule has 0 spiro atoms. The van der Waals surface area contributed by atoms with Gasteiger partial charge in [0, 0.05) is 24.9 Å². The molecular formula is C24H23NO2. The molecule has 0 heterocycles. The lowest BCUT2D eigenvalue weighted by atomic mass is 9.98. The van der Waals surface area contributed by atoms with Gasteiger partial charge in [0.2, 0.25) is 0 Å². The fourth-order valence-electron chi connectivity index (χ4n) is 2.98. The normalized spacial score (nSPS) is 10.4. The summed E-state index contributed by atoms with van der Waals surface area (Å²) in [6, 6.07) is 25.1. The average molecular weight is 357 g/mol. The zero-order valence-corrected chi connectivity index (χ0v) is 15.4. The smallest absolute Gasteiger partial charge is 0.251 e. The lowest BCUT2D eigenvalue weighted by Crippen LogP contribution is -2.24. The van der Waals surface area contributed by atoms with Crippen LogP contribution in [0.1, 0.15) is 32.6 Å². The Morgan fingerprint density at radius 1 is 0.741 bits per heavy atom. The summed E-state index contributed by atoms with van der Waals surface area (Å²) in [6.07, 6.45) is 0.628. The van der Waals surface area contributed by atoms with Gasteiger partial charge in [0.05, 0.1) is 0 Å². The van der Waals surface area contributed by atoms with Crippen LogP contribution in [0.15, 0.2) is 78.9 Å². The van der Waals surface area contributed by atoms with Crippen LogP contribution in [0.3, 0.4) is 0 Å². The highest BCUT2D eigenvalue weighted by Crippen LogP contribution is 2.13. The van der Waals surface area contributed by atoms with Gasteiger partial charge >= 0.3 is 0 Å². The summed E-state index contributed by atoms with van der Waals surface area (Å²) in [7, 11) is 0. The van der Waals surface area contributed by atoms with Crippen LogP contribution in [-0.2, 0) is 24.2 Å². The Bertz CT molecular complexity index is 915. The van der Waals surface area contributed by atoms with Crippen molar-refractivity contribution in [3.63, 3.8) is 0 Å². The summed E-state index contributed by atoms with van der Waals surface area (Å²) in [5, 5.41) is 2.93. The topological polar surface area (TPSA) is 46.2 Å². The van der Waals surface area contributed by atoms with E-state index in [0.29, 0.717) is 18.5 Å². The molecule has 3 aromatic rings. The highest BCUT2D eigenvalue weighted by Gasteiger charge is 2.14. The number of rotatable bonds is 7. The molecule has 3 aromatic carbocycles. The molecule has 0 saturated heterocycles. The highest BCUT2D eigenvalue weighted by molar-refractivity contribution is 5.97. The van der Waals surface area contributed by atoms with Crippen molar-refractivity contribution in [2.75, 3.05) is 0 Å². The number of amides is 1. The maximum Gasteiger partial charge on any atom is 0.251 e. The molecule has 0 unspecified atom stereocenters. The minimum atomic E-state index is -0.155. The number of ketones is 1. The largest absolute Gasteiger partial charge is 0.348 e. The summed E-state index contributed by atoms with van der Waals surface area (Å²) >= 11 is 0. The summed E-state index contributed by atoms with van der Waals surface area (Å²) in [4.78, 5) is 25.1. The van der Waals surface area contributed by atoms with Crippen molar-refractivity contribution in [2.45, 2.75) is 26.3 Å². The molecule has 1 amide bonds. The summed E-state index contributed by atoms with van der Waals surface area (Å²) in [5.74, 6) is -0.0558. The molecule has 0 aliphatic rings. The Labute approximate surface area is 160 Å². The van der Waals surface area contributed by atoms with Gasteiger partial charge in [-0.3, -0.25) is 9.59 Å². The van der Waals surface area contributed by atoms with Crippen molar-refractivity contribution in [1.82, 2.24) is 5.32 Å². The van der Waals surface area contributed by atoms with E-state index in [0.717, 1.165) is 16.7 Å². The third-order valence-electron chi connectivity index (χ3n) is 4.47. The number of aryl methyl sites for hydroxylation is 1. The van der Waals surface area contributed by atoms with Gasteiger partial charge in [0.1, 0.15) is 5.78 Å². The molecule has 0 fully saturated rings. The minimum Gasteiger partial charge on any atom is -0.348 e. The molecule has 0 radical (unpaired) electrons. The second-order valence-electron chi connectivity index (χ2n) is 6.70. The third kappa shape index (κ3) is 5.38. The van der Waals surface area contributed by atoms with E-state index in [-0.39, 0.29) is 18.1 Å². The minimum absolute atomic E-state index is 0.0992. The van der Waals surface area contributed by atoms with Crippen molar-refractivity contribution < 1.29 is 9.59 Å². The van der Waals surface area contributed by atoms with Crippen LogP contribution in [0.5, 0.6) is 0 Å². The number of hydrogen-bond donors (Lipinski definition) is 1. The first-order chi connectivity index (χ1) is 13.1. The molecule has 3 rings (SSSR count). The number of carbonyl (C=O) groups excluding carboxylic acids is 2. The van der Waals surface area contributed by atoms with Crippen molar-refractivity contribution in [3.05, 3.63) is 107 Å². The van der Waals surface area contributed by atoms with E-state index < -0.39 is 0 Å². The zero-order chi connectivity index (χ0) is 19.1. The second kappa shape index (κ2) is 8.95. The summed E-state index contributed by atoms with van der Waals surface area (Å²) < 4.78 is 0. The van der Waals surface area contributed by atoms with E-state index in [9.17, 15) is 9.59 Å². The van der Waals surface area contributed by atoms with Gasteiger partial charge in [-0.25, -0.2) is 0 Å². The second-order valence-corrected chi connectivity index (χ2v) is 6.70. The highest BCUT2D eigenvalue weighted by atomic mass is 16.1. The molecule has 1 N–H and O–H groups in total. The van der Waals surface area contributed by atoms with E-state index in [1.54, 1.807) is 6.07 Å². The molecule has 0 saturated carbocycles. The van der Waals surface area contributed by atoms with Crippen molar-refractivity contribution >= 4 is 11.7 Å².